The van der Waals surface area contributed by atoms with E-state index in [1.165, 1.54) is 6.07 Å². The van der Waals surface area contributed by atoms with Crippen LogP contribution in [0.4, 0.5) is 11.4 Å². The van der Waals surface area contributed by atoms with Gasteiger partial charge in [-0.1, -0.05) is 6.07 Å². The third kappa shape index (κ3) is 3.43. The quantitative estimate of drug-likeness (QED) is 0.666. The van der Waals surface area contributed by atoms with E-state index in [-0.39, 0.29) is 18.0 Å². The highest BCUT2D eigenvalue weighted by Crippen LogP contribution is 2.27. The summed E-state index contributed by atoms with van der Waals surface area (Å²) in [7, 11) is 0. The molecule has 0 atom stereocenters. The second kappa shape index (κ2) is 5.69. The monoisotopic (exact) mass is 264 g/mol. The largest absolute Gasteiger partial charge is 0.481 e. The smallest absolute Gasteiger partial charge is 0.303 e. The Labute approximate surface area is 110 Å². The predicted molar refractivity (Wildman–Crippen MR) is 70.3 cm³/mol. The molecule has 0 aliphatic carbocycles. The Hall–Kier alpha value is -2.11. The van der Waals surface area contributed by atoms with Crippen molar-refractivity contribution in [1.82, 2.24) is 0 Å². The predicted octanol–water partition coefficient (Wildman–Crippen LogP) is 2.29. The number of benzene rings is 1. The van der Waals surface area contributed by atoms with E-state index >= 15 is 0 Å². The van der Waals surface area contributed by atoms with E-state index in [2.05, 4.69) is 4.90 Å². The van der Waals surface area contributed by atoms with E-state index in [1.54, 1.807) is 12.1 Å². The molecule has 0 saturated carbocycles. The highest BCUT2D eigenvalue weighted by molar-refractivity contribution is 5.67. The first-order valence-corrected chi connectivity index (χ1v) is 6.27. The molecule has 1 aromatic carbocycles. The first-order valence-electron chi connectivity index (χ1n) is 6.27. The van der Waals surface area contributed by atoms with Gasteiger partial charge in [0.1, 0.15) is 0 Å². The Morgan fingerprint density at radius 1 is 1.42 bits per heavy atom. The van der Waals surface area contributed by atoms with Crippen LogP contribution >= 0.6 is 0 Å². The second-order valence-electron chi connectivity index (χ2n) is 4.81. The summed E-state index contributed by atoms with van der Waals surface area (Å²) in [4.78, 5) is 23.1. The highest BCUT2D eigenvalue weighted by Gasteiger charge is 2.22. The van der Waals surface area contributed by atoms with Crippen molar-refractivity contribution in [2.24, 2.45) is 5.92 Å². The standard InChI is InChI=1S/C13H16N2O4/c16-13(17)8-10-4-6-14(7-5-10)11-2-1-3-12(9-11)15(18)19/h1-3,9-10H,4-8H2,(H,16,17). The van der Waals surface area contributed by atoms with Gasteiger partial charge in [-0.3, -0.25) is 14.9 Å². The van der Waals surface area contributed by atoms with Crippen LogP contribution < -0.4 is 4.90 Å². The summed E-state index contributed by atoms with van der Waals surface area (Å²) in [6, 6.07) is 6.57. The van der Waals surface area contributed by atoms with Crippen molar-refractivity contribution in [3.8, 4) is 0 Å². The molecule has 0 spiro atoms. The number of carboxylic acid groups (broad SMARTS) is 1. The minimum Gasteiger partial charge on any atom is -0.481 e. The molecule has 2 rings (SSSR count). The molecule has 1 fully saturated rings. The fraction of sp³-hybridized carbons (Fsp3) is 0.462. The Balaban J connectivity index is 1.99. The van der Waals surface area contributed by atoms with Gasteiger partial charge in [-0.15, -0.1) is 0 Å². The number of aliphatic carboxylic acids is 1. The van der Waals surface area contributed by atoms with Crippen LogP contribution in [-0.2, 0) is 4.79 Å². The van der Waals surface area contributed by atoms with Gasteiger partial charge >= 0.3 is 5.97 Å². The van der Waals surface area contributed by atoms with Crippen LogP contribution in [0.15, 0.2) is 24.3 Å². The van der Waals surface area contributed by atoms with Gasteiger partial charge in [-0.2, -0.15) is 0 Å². The summed E-state index contributed by atoms with van der Waals surface area (Å²) >= 11 is 0. The van der Waals surface area contributed by atoms with Crippen molar-refractivity contribution in [2.45, 2.75) is 19.3 Å². The van der Waals surface area contributed by atoms with Gasteiger partial charge in [0.15, 0.2) is 0 Å². The maximum absolute atomic E-state index is 10.7. The third-order valence-corrected chi connectivity index (χ3v) is 3.48. The minimum atomic E-state index is -0.756. The number of nitro groups is 1. The fourth-order valence-electron chi connectivity index (χ4n) is 2.45. The molecule has 0 bridgehead atoms. The Kier molecular flexibility index (Phi) is 3.99. The van der Waals surface area contributed by atoms with Crippen molar-refractivity contribution >= 4 is 17.3 Å². The minimum absolute atomic E-state index is 0.0881. The third-order valence-electron chi connectivity index (χ3n) is 3.48. The van der Waals surface area contributed by atoms with E-state index in [1.807, 2.05) is 6.07 Å². The Morgan fingerprint density at radius 2 is 2.11 bits per heavy atom. The second-order valence-corrected chi connectivity index (χ2v) is 4.81. The normalized spacial score (nSPS) is 16.3. The molecule has 0 amide bonds. The maximum Gasteiger partial charge on any atom is 0.303 e. The maximum atomic E-state index is 10.7. The SMILES string of the molecule is O=C(O)CC1CCN(c2cccc([N+](=O)[O-])c2)CC1. The molecule has 19 heavy (non-hydrogen) atoms. The Morgan fingerprint density at radius 3 is 2.68 bits per heavy atom. The summed E-state index contributed by atoms with van der Waals surface area (Å²) in [5.74, 6) is -0.541. The van der Waals surface area contributed by atoms with Crippen LogP contribution in [0.25, 0.3) is 0 Å². The Bertz CT molecular complexity index is 481. The zero-order chi connectivity index (χ0) is 13.8. The molecule has 0 radical (unpaired) electrons. The van der Waals surface area contributed by atoms with Crippen molar-refractivity contribution in [1.29, 1.82) is 0 Å². The van der Waals surface area contributed by atoms with Gasteiger partial charge in [0.2, 0.25) is 0 Å². The number of carbonyl (C=O) groups is 1. The van der Waals surface area contributed by atoms with E-state index in [0.29, 0.717) is 0 Å². The summed E-state index contributed by atoms with van der Waals surface area (Å²) < 4.78 is 0. The van der Waals surface area contributed by atoms with Gasteiger partial charge < -0.3 is 10.0 Å². The number of carboxylic acids is 1. The van der Waals surface area contributed by atoms with Gasteiger partial charge in [0, 0.05) is 37.3 Å². The lowest BCUT2D eigenvalue weighted by Gasteiger charge is -2.32. The fourth-order valence-corrected chi connectivity index (χ4v) is 2.45. The lowest BCUT2D eigenvalue weighted by Crippen LogP contribution is -2.34. The van der Waals surface area contributed by atoms with Crippen LogP contribution in [0, 0.1) is 16.0 Å². The molecule has 1 aromatic rings. The van der Waals surface area contributed by atoms with Crippen LogP contribution in [-0.4, -0.2) is 29.1 Å². The topological polar surface area (TPSA) is 83.7 Å². The first kappa shape index (κ1) is 13.3. The van der Waals surface area contributed by atoms with E-state index < -0.39 is 10.9 Å². The number of nitro benzene ring substituents is 1. The molecule has 6 nitrogen and oxygen atoms in total. The molecule has 102 valence electrons. The molecule has 1 heterocycles. The molecular formula is C13H16N2O4. The molecular weight excluding hydrogens is 248 g/mol. The molecule has 1 N–H and O–H groups in total. The molecule has 1 aliphatic heterocycles. The average Bonchev–Trinajstić information content (AvgIpc) is 2.39. The van der Waals surface area contributed by atoms with Crippen LogP contribution in [0.3, 0.4) is 0 Å². The summed E-state index contributed by atoms with van der Waals surface area (Å²) in [6.07, 6.45) is 1.84. The summed E-state index contributed by atoms with van der Waals surface area (Å²) in [6.45, 7) is 1.50. The molecule has 6 heteroatoms. The molecule has 1 saturated heterocycles. The average molecular weight is 264 g/mol. The number of rotatable bonds is 4. The number of anilines is 1. The van der Waals surface area contributed by atoms with Crippen molar-refractivity contribution in [3.05, 3.63) is 34.4 Å². The van der Waals surface area contributed by atoms with Gasteiger partial charge in [0.05, 0.1) is 4.92 Å². The molecule has 1 aliphatic rings. The number of non-ortho nitro benzene ring substituents is 1. The number of hydrogen-bond acceptors (Lipinski definition) is 4. The highest BCUT2D eigenvalue weighted by atomic mass is 16.6. The molecule has 0 unspecified atom stereocenters. The number of hydrogen-bond donors (Lipinski definition) is 1. The van der Waals surface area contributed by atoms with E-state index in [9.17, 15) is 14.9 Å². The summed E-state index contributed by atoms with van der Waals surface area (Å²) in [5, 5.41) is 19.5. The van der Waals surface area contributed by atoms with Crippen molar-refractivity contribution in [2.75, 3.05) is 18.0 Å². The van der Waals surface area contributed by atoms with Gasteiger partial charge in [0.25, 0.3) is 5.69 Å². The number of piperidine rings is 1. The summed E-state index contributed by atoms with van der Waals surface area (Å²) in [5.41, 5.74) is 0.924. The molecule has 0 aromatic heterocycles. The van der Waals surface area contributed by atoms with Gasteiger partial charge in [-0.05, 0) is 24.8 Å². The number of nitrogens with zero attached hydrogens (tertiary/aromatic N) is 2. The van der Waals surface area contributed by atoms with Gasteiger partial charge in [-0.25, -0.2) is 0 Å². The van der Waals surface area contributed by atoms with Crippen LogP contribution in [0.1, 0.15) is 19.3 Å². The lowest BCUT2D eigenvalue weighted by molar-refractivity contribution is -0.384. The zero-order valence-electron chi connectivity index (χ0n) is 10.5. The van der Waals surface area contributed by atoms with Crippen LogP contribution in [0.5, 0.6) is 0 Å². The van der Waals surface area contributed by atoms with E-state index in [0.717, 1.165) is 31.6 Å². The van der Waals surface area contributed by atoms with Crippen LogP contribution in [0.2, 0.25) is 0 Å². The lowest BCUT2D eigenvalue weighted by atomic mass is 9.93. The zero-order valence-corrected chi connectivity index (χ0v) is 10.5. The van der Waals surface area contributed by atoms with Crippen molar-refractivity contribution in [3.63, 3.8) is 0 Å². The van der Waals surface area contributed by atoms with Crippen molar-refractivity contribution < 1.29 is 14.8 Å². The first-order chi connectivity index (χ1) is 9.06. The van der Waals surface area contributed by atoms with E-state index in [4.69, 9.17) is 5.11 Å².